The van der Waals surface area contributed by atoms with Gasteiger partial charge >= 0.3 is 5.63 Å². The summed E-state index contributed by atoms with van der Waals surface area (Å²) in [4.78, 5) is 45.1. The number of carbonyl (C=O) groups is 2. The van der Waals surface area contributed by atoms with Crippen molar-refractivity contribution in [3.63, 3.8) is 0 Å². The van der Waals surface area contributed by atoms with Crippen LogP contribution in [0.5, 0.6) is 0 Å². The lowest BCUT2D eigenvalue weighted by molar-refractivity contribution is -0.127. The normalized spacial score (nSPS) is 12.1. The highest BCUT2D eigenvalue weighted by Crippen LogP contribution is 2.21. The van der Waals surface area contributed by atoms with E-state index in [0.29, 0.717) is 37.1 Å². The van der Waals surface area contributed by atoms with Crippen molar-refractivity contribution in [3.05, 3.63) is 40.2 Å². The van der Waals surface area contributed by atoms with Gasteiger partial charge in [-0.15, -0.1) is 12.4 Å². The van der Waals surface area contributed by atoms with Gasteiger partial charge in [0, 0.05) is 36.3 Å². The van der Waals surface area contributed by atoms with Gasteiger partial charge in [-0.3, -0.25) is 19.6 Å². The van der Waals surface area contributed by atoms with Crippen LogP contribution in [0.15, 0.2) is 43.5 Å². The van der Waals surface area contributed by atoms with Crippen LogP contribution in [-0.4, -0.2) is 48.9 Å². The van der Waals surface area contributed by atoms with Crippen molar-refractivity contribution >= 4 is 52.8 Å². The average molecular weight is 524 g/mol. The predicted octanol–water partition coefficient (Wildman–Crippen LogP) is -0.619. The van der Waals surface area contributed by atoms with Gasteiger partial charge in [0.1, 0.15) is 11.6 Å². The zero-order valence-electron chi connectivity index (χ0n) is 20.0. The minimum atomic E-state index is -0.902. The van der Waals surface area contributed by atoms with Crippen LogP contribution in [0.1, 0.15) is 31.2 Å². The van der Waals surface area contributed by atoms with E-state index >= 15 is 0 Å². The van der Waals surface area contributed by atoms with Crippen molar-refractivity contribution in [1.82, 2.24) is 5.32 Å². The Morgan fingerprint density at radius 3 is 2.19 bits per heavy atom. The van der Waals surface area contributed by atoms with Crippen molar-refractivity contribution < 1.29 is 14.0 Å². The van der Waals surface area contributed by atoms with Crippen molar-refractivity contribution in [2.45, 2.75) is 44.7 Å². The molecule has 0 bridgehead atoms. The highest BCUT2D eigenvalue weighted by Gasteiger charge is 2.23. The molecule has 2 amide bonds. The zero-order valence-corrected chi connectivity index (χ0v) is 20.8. The molecule has 2 aromatic rings. The second kappa shape index (κ2) is 14.5. The molecule has 0 radical (unpaired) electrons. The Morgan fingerprint density at radius 1 is 0.972 bits per heavy atom. The summed E-state index contributed by atoms with van der Waals surface area (Å²) in [5.74, 6) is -1.06. The Bertz CT molecular complexity index is 1160. The number of nitrogens with one attached hydrogen (secondary N) is 2. The molecule has 13 nitrogen and oxygen atoms in total. The van der Waals surface area contributed by atoms with Crippen molar-refractivity contribution in [1.29, 1.82) is 0 Å². The first-order valence-corrected chi connectivity index (χ1v) is 11.1. The molecule has 0 saturated heterocycles. The van der Waals surface area contributed by atoms with E-state index in [-0.39, 0.29) is 37.3 Å². The maximum absolute atomic E-state index is 13.0. The largest absolute Gasteiger partial charge is 0.423 e. The molecule has 0 aliphatic rings. The number of nitrogens with zero attached hydrogens (tertiary/aromatic N) is 2. The lowest BCUT2D eigenvalue weighted by Gasteiger charge is -2.20. The van der Waals surface area contributed by atoms with E-state index in [9.17, 15) is 14.4 Å². The highest BCUT2D eigenvalue weighted by molar-refractivity contribution is 5.99. The molecule has 1 aromatic heterocycles. The zero-order chi connectivity index (χ0) is 26.0. The monoisotopic (exact) mass is 523 g/mol. The van der Waals surface area contributed by atoms with E-state index in [2.05, 4.69) is 20.6 Å². The lowest BCUT2D eigenvalue weighted by Crippen LogP contribution is -2.50. The van der Waals surface area contributed by atoms with E-state index in [1.165, 1.54) is 6.07 Å². The summed E-state index contributed by atoms with van der Waals surface area (Å²) >= 11 is 0. The van der Waals surface area contributed by atoms with Gasteiger partial charge in [0.05, 0.1) is 6.04 Å². The van der Waals surface area contributed by atoms with Gasteiger partial charge in [-0.1, -0.05) is 0 Å². The molecule has 14 heteroatoms. The summed E-state index contributed by atoms with van der Waals surface area (Å²) in [7, 11) is 0. The van der Waals surface area contributed by atoms with Crippen LogP contribution < -0.4 is 44.9 Å². The minimum Gasteiger partial charge on any atom is -0.423 e. The number of guanidine groups is 2. The molecule has 0 spiro atoms. The Morgan fingerprint density at radius 2 is 1.58 bits per heavy atom. The van der Waals surface area contributed by atoms with Gasteiger partial charge in [-0.25, -0.2) is 4.79 Å². The van der Waals surface area contributed by atoms with Crippen molar-refractivity contribution in [2.75, 3.05) is 18.4 Å². The first kappa shape index (κ1) is 30.2. The summed E-state index contributed by atoms with van der Waals surface area (Å²) in [6.45, 7) is 2.41. The maximum atomic E-state index is 13.0. The van der Waals surface area contributed by atoms with Crippen LogP contribution in [0.3, 0.4) is 0 Å². The quantitative estimate of drug-likeness (QED) is 0.0809. The number of fused-ring (bicyclic) bond motifs is 1. The standard InChI is InChI=1S/C22H33N9O4.ClH/c1-12-10-18(32)35-17-11-13(6-7-14(12)17)30-20(34)16(5-3-9-29-22(26)27)31-19(33)15(23)4-2-8-28-21(24)25;/h6-7,10-11,15-16H,2-5,8-9,23H2,1H3,(H,30,34)(H,31,33)(H4,24,25,28)(H4,26,27,29);1H/t15-,16-;/m0./s1. The van der Waals surface area contributed by atoms with E-state index in [1.807, 2.05) is 0 Å². The number of hydrogen-bond acceptors (Lipinski definition) is 7. The molecular weight excluding hydrogens is 490 g/mol. The molecule has 0 unspecified atom stereocenters. The highest BCUT2D eigenvalue weighted by atomic mass is 35.5. The lowest BCUT2D eigenvalue weighted by atomic mass is 10.1. The van der Waals surface area contributed by atoms with Gasteiger partial charge in [0.2, 0.25) is 11.8 Å². The number of nitrogens with two attached hydrogens (primary N) is 5. The number of amides is 2. The topological polar surface area (TPSA) is 243 Å². The van der Waals surface area contributed by atoms with E-state index in [0.717, 1.165) is 10.9 Å². The number of benzene rings is 1. The summed E-state index contributed by atoms with van der Waals surface area (Å²) in [6.07, 6.45) is 1.52. The molecule has 2 atom stereocenters. The number of aliphatic imine (C=N–C) groups is 2. The smallest absolute Gasteiger partial charge is 0.336 e. The molecule has 1 heterocycles. The molecule has 0 aliphatic heterocycles. The summed E-state index contributed by atoms with van der Waals surface area (Å²) in [6, 6.07) is 4.61. The van der Waals surface area contributed by atoms with Gasteiger partial charge in [0.25, 0.3) is 0 Å². The molecule has 0 aliphatic carbocycles. The number of carbonyl (C=O) groups excluding carboxylic acids is 2. The van der Waals surface area contributed by atoms with Crippen LogP contribution in [0.4, 0.5) is 5.69 Å². The van der Waals surface area contributed by atoms with E-state index in [1.54, 1.807) is 25.1 Å². The maximum Gasteiger partial charge on any atom is 0.336 e. The van der Waals surface area contributed by atoms with Gasteiger partial charge in [-0.2, -0.15) is 0 Å². The van der Waals surface area contributed by atoms with Gasteiger partial charge < -0.3 is 43.7 Å². The fourth-order valence-corrected chi connectivity index (χ4v) is 3.33. The van der Waals surface area contributed by atoms with Crippen LogP contribution >= 0.6 is 12.4 Å². The SMILES string of the molecule is Cc1cc(=O)oc2cc(NC(=O)[C@H](CCCN=C(N)N)NC(=O)[C@@H](N)CCCN=C(N)N)ccc12.Cl. The van der Waals surface area contributed by atoms with E-state index < -0.39 is 29.5 Å². The van der Waals surface area contributed by atoms with Gasteiger partial charge in [-0.05, 0) is 50.3 Å². The van der Waals surface area contributed by atoms with Gasteiger partial charge in [0.15, 0.2) is 11.9 Å². The molecule has 198 valence electrons. The van der Waals surface area contributed by atoms with Crippen LogP contribution in [0.25, 0.3) is 11.0 Å². The summed E-state index contributed by atoms with van der Waals surface area (Å²) < 4.78 is 5.23. The third-order valence-electron chi connectivity index (χ3n) is 5.10. The molecule has 0 saturated carbocycles. The second-order valence-electron chi connectivity index (χ2n) is 8.01. The van der Waals surface area contributed by atoms with Crippen LogP contribution in [0, 0.1) is 6.92 Å². The average Bonchev–Trinajstić information content (AvgIpc) is 2.77. The fraction of sp³-hybridized carbons (Fsp3) is 0.409. The van der Waals surface area contributed by atoms with Crippen molar-refractivity contribution in [3.8, 4) is 0 Å². The molecule has 1 aromatic carbocycles. The molecule has 2 rings (SSSR count). The molecular formula is C22H34ClN9O4. The number of hydrogen-bond donors (Lipinski definition) is 7. The first-order valence-electron chi connectivity index (χ1n) is 11.1. The molecule has 36 heavy (non-hydrogen) atoms. The second-order valence-corrected chi connectivity index (χ2v) is 8.01. The van der Waals surface area contributed by atoms with Crippen molar-refractivity contribution in [2.24, 2.45) is 38.7 Å². The van der Waals surface area contributed by atoms with E-state index in [4.69, 9.17) is 33.1 Å². The molecule has 0 fully saturated rings. The number of rotatable bonds is 12. The Labute approximate surface area is 214 Å². The van der Waals surface area contributed by atoms with Crippen LogP contribution in [0.2, 0.25) is 0 Å². The third-order valence-corrected chi connectivity index (χ3v) is 5.10. The Balaban J connectivity index is 0.00000648. The fourth-order valence-electron chi connectivity index (χ4n) is 3.33. The first-order chi connectivity index (χ1) is 16.6. The van der Waals surface area contributed by atoms with Crippen LogP contribution in [-0.2, 0) is 9.59 Å². The Hall–Kier alpha value is -3.84. The minimum absolute atomic E-state index is 0. The number of halogens is 1. The third kappa shape index (κ3) is 9.80. The summed E-state index contributed by atoms with van der Waals surface area (Å²) in [5, 5.41) is 6.18. The number of anilines is 1. The summed E-state index contributed by atoms with van der Waals surface area (Å²) in [5.41, 5.74) is 28.2. The Kier molecular flexibility index (Phi) is 12.2. The molecule has 12 N–H and O–H groups in total. The predicted molar refractivity (Wildman–Crippen MR) is 143 cm³/mol. The number of aryl methyl sites for hydroxylation is 1.